The SMILES string of the molecule is CCCCC(CC)Cn1cc(CNC(C)(C)C)cn1. The molecule has 1 rings (SSSR count). The Hall–Kier alpha value is -0.830. The van der Waals surface area contributed by atoms with Crippen LogP contribution in [0.4, 0.5) is 0 Å². The van der Waals surface area contributed by atoms with Gasteiger partial charge in [0.1, 0.15) is 0 Å². The van der Waals surface area contributed by atoms with Crippen LogP contribution in [-0.2, 0) is 13.1 Å². The number of nitrogens with zero attached hydrogens (tertiary/aromatic N) is 2. The van der Waals surface area contributed by atoms with Crippen LogP contribution in [0.2, 0.25) is 0 Å². The van der Waals surface area contributed by atoms with Gasteiger partial charge in [0, 0.05) is 30.4 Å². The highest BCUT2D eigenvalue weighted by Gasteiger charge is 2.11. The third kappa shape index (κ3) is 6.76. The molecule has 19 heavy (non-hydrogen) atoms. The van der Waals surface area contributed by atoms with Gasteiger partial charge in [0.25, 0.3) is 0 Å². The van der Waals surface area contributed by atoms with E-state index < -0.39 is 0 Å². The summed E-state index contributed by atoms with van der Waals surface area (Å²) in [5.74, 6) is 0.767. The number of rotatable bonds is 8. The fourth-order valence-corrected chi connectivity index (χ4v) is 2.15. The molecule has 0 aliphatic rings. The number of nitrogens with one attached hydrogen (secondary N) is 1. The Morgan fingerprint density at radius 3 is 2.63 bits per heavy atom. The number of unbranched alkanes of at least 4 members (excludes halogenated alkanes) is 1. The normalized spacial score (nSPS) is 13.7. The third-order valence-corrected chi connectivity index (χ3v) is 3.50. The summed E-state index contributed by atoms with van der Waals surface area (Å²) in [6.45, 7) is 13.1. The molecule has 0 aliphatic carbocycles. The molecule has 0 bridgehead atoms. The maximum absolute atomic E-state index is 4.49. The van der Waals surface area contributed by atoms with Gasteiger partial charge in [-0.15, -0.1) is 0 Å². The molecule has 1 atom stereocenters. The number of hydrogen-bond donors (Lipinski definition) is 1. The molecule has 1 aromatic heterocycles. The van der Waals surface area contributed by atoms with E-state index >= 15 is 0 Å². The molecule has 0 spiro atoms. The summed E-state index contributed by atoms with van der Waals surface area (Å²) in [5, 5.41) is 7.99. The van der Waals surface area contributed by atoms with E-state index in [1.54, 1.807) is 0 Å². The van der Waals surface area contributed by atoms with Crippen LogP contribution in [-0.4, -0.2) is 15.3 Å². The monoisotopic (exact) mass is 265 g/mol. The van der Waals surface area contributed by atoms with Crippen molar-refractivity contribution in [3.63, 3.8) is 0 Å². The molecule has 0 aliphatic heterocycles. The largest absolute Gasteiger partial charge is 0.308 e. The minimum atomic E-state index is 0.162. The second kappa shape index (κ2) is 7.68. The summed E-state index contributed by atoms with van der Waals surface area (Å²) < 4.78 is 2.11. The predicted octanol–water partition coefficient (Wildman–Crippen LogP) is 3.99. The summed E-state index contributed by atoms with van der Waals surface area (Å²) >= 11 is 0. The summed E-state index contributed by atoms with van der Waals surface area (Å²) in [6.07, 6.45) is 9.37. The highest BCUT2D eigenvalue weighted by atomic mass is 15.3. The zero-order valence-corrected chi connectivity index (χ0v) is 13.4. The van der Waals surface area contributed by atoms with E-state index in [2.05, 4.69) is 55.9 Å². The average Bonchev–Trinajstić information content (AvgIpc) is 2.79. The molecule has 0 aromatic carbocycles. The lowest BCUT2D eigenvalue weighted by molar-refractivity contribution is 0.372. The van der Waals surface area contributed by atoms with E-state index in [0.29, 0.717) is 0 Å². The molecule has 3 nitrogen and oxygen atoms in total. The Morgan fingerprint density at radius 1 is 1.32 bits per heavy atom. The van der Waals surface area contributed by atoms with Crippen molar-refractivity contribution in [2.24, 2.45) is 5.92 Å². The van der Waals surface area contributed by atoms with E-state index in [1.807, 2.05) is 6.20 Å². The molecule has 1 unspecified atom stereocenters. The van der Waals surface area contributed by atoms with E-state index in [-0.39, 0.29) is 5.54 Å². The van der Waals surface area contributed by atoms with Gasteiger partial charge in [-0.05, 0) is 33.1 Å². The summed E-state index contributed by atoms with van der Waals surface area (Å²) in [6, 6.07) is 0. The van der Waals surface area contributed by atoms with Crippen molar-refractivity contribution in [2.45, 2.75) is 78.9 Å². The van der Waals surface area contributed by atoms with E-state index in [0.717, 1.165) is 19.0 Å². The second-order valence-electron chi connectivity index (χ2n) is 6.59. The summed E-state index contributed by atoms with van der Waals surface area (Å²) in [5.41, 5.74) is 1.44. The minimum Gasteiger partial charge on any atom is -0.308 e. The van der Waals surface area contributed by atoms with Gasteiger partial charge in [-0.1, -0.05) is 33.1 Å². The van der Waals surface area contributed by atoms with Gasteiger partial charge in [-0.2, -0.15) is 5.10 Å². The first-order valence-electron chi connectivity index (χ1n) is 7.71. The molecule has 0 saturated heterocycles. The Labute approximate surface area is 118 Å². The Kier molecular flexibility index (Phi) is 6.56. The zero-order chi connectivity index (χ0) is 14.3. The predicted molar refractivity (Wildman–Crippen MR) is 82.1 cm³/mol. The van der Waals surface area contributed by atoms with Gasteiger partial charge in [-0.3, -0.25) is 4.68 Å². The molecule has 110 valence electrons. The van der Waals surface area contributed by atoms with Gasteiger partial charge >= 0.3 is 0 Å². The standard InChI is InChI=1S/C16H31N3/c1-6-8-9-14(7-2)12-19-13-15(11-18-19)10-17-16(3,4)5/h11,13-14,17H,6-10,12H2,1-5H3. The molecule has 0 saturated carbocycles. The molecule has 3 heteroatoms. The van der Waals surface area contributed by atoms with Crippen molar-refractivity contribution in [3.05, 3.63) is 18.0 Å². The highest BCUT2D eigenvalue weighted by molar-refractivity contribution is 5.04. The molecule has 0 amide bonds. The van der Waals surface area contributed by atoms with E-state index in [1.165, 1.54) is 31.2 Å². The topological polar surface area (TPSA) is 29.9 Å². The number of aromatic nitrogens is 2. The first-order valence-corrected chi connectivity index (χ1v) is 7.71. The van der Waals surface area contributed by atoms with Crippen molar-refractivity contribution in [1.82, 2.24) is 15.1 Å². The van der Waals surface area contributed by atoms with Gasteiger partial charge < -0.3 is 5.32 Å². The van der Waals surface area contributed by atoms with Gasteiger partial charge in [0.15, 0.2) is 0 Å². The lowest BCUT2D eigenvalue weighted by Gasteiger charge is -2.19. The average molecular weight is 265 g/mol. The fraction of sp³-hybridized carbons (Fsp3) is 0.812. The molecule has 0 fully saturated rings. The smallest absolute Gasteiger partial charge is 0.0534 e. The van der Waals surface area contributed by atoms with Crippen LogP contribution in [0.25, 0.3) is 0 Å². The minimum absolute atomic E-state index is 0.162. The molecule has 0 radical (unpaired) electrons. The lowest BCUT2D eigenvalue weighted by atomic mass is 9.99. The van der Waals surface area contributed by atoms with Crippen molar-refractivity contribution in [2.75, 3.05) is 0 Å². The van der Waals surface area contributed by atoms with Crippen molar-refractivity contribution in [3.8, 4) is 0 Å². The van der Waals surface area contributed by atoms with E-state index in [9.17, 15) is 0 Å². The van der Waals surface area contributed by atoms with Crippen LogP contribution >= 0.6 is 0 Å². The van der Waals surface area contributed by atoms with Crippen LogP contribution in [0, 0.1) is 5.92 Å². The van der Waals surface area contributed by atoms with E-state index in [4.69, 9.17) is 0 Å². The van der Waals surface area contributed by atoms with Crippen LogP contribution in [0.5, 0.6) is 0 Å². The first kappa shape index (κ1) is 16.2. The van der Waals surface area contributed by atoms with Crippen molar-refractivity contribution < 1.29 is 0 Å². The number of hydrogen-bond acceptors (Lipinski definition) is 2. The van der Waals surface area contributed by atoms with Crippen molar-refractivity contribution >= 4 is 0 Å². The zero-order valence-electron chi connectivity index (χ0n) is 13.4. The summed E-state index contributed by atoms with van der Waals surface area (Å²) in [7, 11) is 0. The molecule has 1 heterocycles. The molecular weight excluding hydrogens is 234 g/mol. The van der Waals surface area contributed by atoms with Crippen molar-refractivity contribution in [1.29, 1.82) is 0 Å². The maximum atomic E-state index is 4.49. The van der Waals surface area contributed by atoms with Gasteiger partial charge in [0.2, 0.25) is 0 Å². The van der Waals surface area contributed by atoms with Crippen LogP contribution in [0.15, 0.2) is 12.4 Å². The summed E-state index contributed by atoms with van der Waals surface area (Å²) in [4.78, 5) is 0. The molecule has 1 N–H and O–H groups in total. The van der Waals surface area contributed by atoms with Crippen LogP contribution in [0.1, 0.15) is 65.9 Å². The Bertz CT molecular complexity index is 349. The molecular formula is C16H31N3. The Morgan fingerprint density at radius 2 is 2.05 bits per heavy atom. The van der Waals surface area contributed by atoms with Gasteiger partial charge in [-0.25, -0.2) is 0 Å². The second-order valence-corrected chi connectivity index (χ2v) is 6.59. The molecule has 1 aromatic rings. The van der Waals surface area contributed by atoms with Crippen LogP contribution in [0.3, 0.4) is 0 Å². The quantitative estimate of drug-likeness (QED) is 0.770. The van der Waals surface area contributed by atoms with Crippen LogP contribution < -0.4 is 5.32 Å². The van der Waals surface area contributed by atoms with Gasteiger partial charge in [0.05, 0.1) is 6.20 Å². The first-order chi connectivity index (χ1) is 8.94. The highest BCUT2D eigenvalue weighted by Crippen LogP contribution is 2.15. The Balaban J connectivity index is 2.45. The third-order valence-electron chi connectivity index (χ3n) is 3.50. The fourth-order valence-electron chi connectivity index (χ4n) is 2.15. The maximum Gasteiger partial charge on any atom is 0.0534 e. The lowest BCUT2D eigenvalue weighted by Crippen LogP contribution is -2.34.